The molecule has 2 rings (SSSR count). The zero-order chi connectivity index (χ0) is 15.5. The molecular weight excluding hydrogens is 291 g/mol. The number of rotatable bonds is 5. The molecule has 0 fully saturated rings. The first-order valence-electron chi connectivity index (χ1n) is 6.43. The Bertz CT molecular complexity index is 697. The van der Waals surface area contributed by atoms with Gasteiger partial charge in [-0.2, -0.15) is 4.31 Å². The third-order valence-electron chi connectivity index (χ3n) is 3.19. The molecule has 4 nitrogen and oxygen atoms in total. The van der Waals surface area contributed by atoms with Gasteiger partial charge in [0, 0.05) is 20.1 Å². The molecule has 0 aromatic heterocycles. The van der Waals surface area contributed by atoms with Crippen LogP contribution in [0.4, 0.5) is 4.39 Å². The van der Waals surface area contributed by atoms with Crippen LogP contribution in [-0.2, 0) is 23.1 Å². The Balaban J connectivity index is 2.19. The standard InChI is InChI=1S/C15H17FN2O2S/c1-18(11-13-2-6-14(16)7-3-13)21(19,20)15-8-4-12(10-17)5-9-15/h2-9H,10-11,17H2,1H3. The van der Waals surface area contributed by atoms with E-state index in [-0.39, 0.29) is 17.3 Å². The van der Waals surface area contributed by atoms with Crippen molar-refractivity contribution in [3.8, 4) is 0 Å². The average Bonchev–Trinajstić information content (AvgIpc) is 2.49. The molecule has 0 bridgehead atoms. The number of nitrogens with two attached hydrogens (primary N) is 1. The van der Waals surface area contributed by atoms with Crippen LogP contribution in [-0.4, -0.2) is 19.8 Å². The molecule has 0 heterocycles. The fourth-order valence-electron chi connectivity index (χ4n) is 1.91. The summed E-state index contributed by atoms with van der Waals surface area (Å²) in [4.78, 5) is 0.212. The average molecular weight is 308 g/mol. The molecule has 0 amide bonds. The molecule has 0 unspecified atom stereocenters. The van der Waals surface area contributed by atoms with Crippen molar-refractivity contribution < 1.29 is 12.8 Å². The molecule has 0 radical (unpaired) electrons. The summed E-state index contributed by atoms with van der Waals surface area (Å²) < 4.78 is 38.9. The van der Waals surface area contributed by atoms with Gasteiger partial charge < -0.3 is 5.73 Å². The highest BCUT2D eigenvalue weighted by Gasteiger charge is 2.20. The van der Waals surface area contributed by atoms with Gasteiger partial charge in [-0.05, 0) is 35.4 Å². The molecule has 0 saturated carbocycles. The minimum atomic E-state index is -3.57. The van der Waals surface area contributed by atoms with Gasteiger partial charge in [-0.25, -0.2) is 12.8 Å². The third kappa shape index (κ3) is 3.66. The van der Waals surface area contributed by atoms with E-state index in [0.717, 1.165) is 11.1 Å². The first-order valence-corrected chi connectivity index (χ1v) is 7.87. The zero-order valence-electron chi connectivity index (χ0n) is 11.7. The molecule has 0 saturated heterocycles. The second-order valence-electron chi connectivity index (χ2n) is 4.74. The quantitative estimate of drug-likeness (QED) is 0.920. The van der Waals surface area contributed by atoms with Crippen LogP contribution in [0.1, 0.15) is 11.1 Å². The van der Waals surface area contributed by atoms with E-state index in [1.807, 2.05) is 0 Å². The van der Waals surface area contributed by atoms with Gasteiger partial charge in [0.15, 0.2) is 0 Å². The van der Waals surface area contributed by atoms with Gasteiger partial charge in [-0.1, -0.05) is 24.3 Å². The Kier molecular flexibility index (Phi) is 4.72. The lowest BCUT2D eigenvalue weighted by Crippen LogP contribution is -2.26. The summed E-state index contributed by atoms with van der Waals surface area (Å²) in [6.45, 7) is 0.549. The van der Waals surface area contributed by atoms with Gasteiger partial charge >= 0.3 is 0 Å². The molecule has 6 heteroatoms. The fourth-order valence-corrected chi connectivity index (χ4v) is 3.07. The maximum absolute atomic E-state index is 12.9. The molecule has 0 aliphatic carbocycles. The van der Waals surface area contributed by atoms with Crippen LogP contribution >= 0.6 is 0 Å². The monoisotopic (exact) mass is 308 g/mol. The van der Waals surface area contributed by atoms with Gasteiger partial charge in [0.1, 0.15) is 5.82 Å². The Morgan fingerprint density at radius 2 is 1.52 bits per heavy atom. The highest BCUT2D eigenvalue weighted by molar-refractivity contribution is 7.89. The largest absolute Gasteiger partial charge is 0.326 e. The maximum Gasteiger partial charge on any atom is 0.243 e. The summed E-state index contributed by atoms with van der Waals surface area (Å²) in [6, 6.07) is 12.2. The van der Waals surface area contributed by atoms with Crippen molar-refractivity contribution in [3.63, 3.8) is 0 Å². The number of hydrogen-bond acceptors (Lipinski definition) is 3. The number of halogens is 1. The lowest BCUT2D eigenvalue weighted by molar-refractivity contribution is 0.466. The molecule has 2 aromatic rings. The van der Waals surface area contributed by atoms with Crippen molar-refractivity contribution >= 4 is 10.0 Å². The van der Waals surface area contributed by atoms with Crippen molar-refractivity contribution in [1.82, 2.24) is 4.31 Å². The van der Waals surface area contributed by atoms with Crippen LogP contribution in [0.15, 0.2) is 53.4 Å². The molecule has 2 N–H and O–H groups in total. The van der Waals surface area contributed by atoms with E-state index in [2.05, 4.69) is 0 Å². The molecular formula is C15H17FN2O2S. The minimum Gasteiger partial charge on any atom is -0.326 e. The second kappa shape index (κ2) is 6.34. The second-order valence-corrected chi connectivity index (χ2v) is 6.78. The van der Waals surface area contributed by atoms with Gasteiger partial charge in [0.25, 0.3) is 0 Å². The highest BCUT2D eigenvalue weighted by Crippen LogP contribution is 2.17. The number of nitrogens with zero attached hydrogens (tertiary/aromatic N) is 1. The SMILES string of the molecule is CN(Cc1ccc(F)cc1)S(=O)(=O)c1ccc(CN)cc1. The number of sulfonamides is 1. The summed E-state index contributed by atoms with van der Waals surface area (Å²) in [5.41, 5.74) is 7.09. The molecule has 2 aromatic carbocycles. The van der Waals surface area contributed by atoms with Crippen molar-refractivity contribution in [2.45, 2.75) is 18.0 Å². The van der Waals surface area contributed by atoms with Crippen molar-refractivity contribution in [1.29, 1.82) is 0 Å². The highest BCUT2D eigenvalue weighted by atomic mass is 32.2. The zero-order valence-corrected chi connectivity index (χ0v) is 12.5. The lowest BCUT2D eigenvalue weighted by Gasteiger charge is -2.17. The van der Waals surface area contributed by atoms with E-state index in [1.54, 1.807) is 36.4 Å². The van der Waals surface area contributed by atoms with Gasteiger partial charge in [0.05, 0.1) is 4.90 Å². The number of benzene rings is 2. The molecule has 0 aliphatic rings. The molecule has 0 spiro atoms. The fraction of sp³-hybridized carbons (Fsp3) is 0.200. The first-order chi connectivity index (χ1) is 9.93. The summed E-state index contributed by atoms with van der Waals surface area (Å²) in [5.74, 6) is -0.346. The Hall–Kier alpha value is -1.76. The Labute approximate surface area is 124 Å². The normalized spacial score (nSPS) is 11.8. The topological polar surface area (TPSA) is 63.4 Å². The van der Waals surface area contributed by atoms with E-state index < -0.39 is 10.0 Å². The minimum absolute atomic E-state index is 0.182. The van der Waals surface area contributed by atoms with Crippen LogP contribution in [0.2, 0.25) is 0 Å². The van der Waals surface area contributed by atoms with E-state index in [4.69, 9.17) is 5.73 Å². The summed E-state index contributed by atoms with van der Waals surface area (Å²) >= 11 is 0. The van der Waals surface area contributed by atoms with Crippen molar-refractivity contribution in [3.05, 3.63) is 65.5 Å². The van der Waals surface area contributed by atoms with Gasteiger partial charge in [0.2, 0.25) is 10.0 Å². The molecule has 0 atom stereocenters. The lowest BCUT2D eigenvalue weighted by atomic mass is 10.2. The summed E-state index contributed by atoms with van der Waals surface area (Å²) in [7, 11) is -2.08. The molecule has 21 heavy (non-hydrogen) atoms. The first kappa shape index (κ1) is 15.6. The van der Waals surface area contributed by atoms with E-state index in [9.17, 15) is 12.8 Å². The van der Waals surface area contributed by atoms with Crippen molar-refractivity contribution in [2.24, 2.45) is 5.73 Å². The van der Waals surface area contributed by atoms with Gasteiger partial charge in [-0.15, -0.1) is 0 Å². The van der Waals surface area contributed by atoms with E-state index in [1.165, 1.54) is 23.5 Å². The van der Waals surface area contributed by atoms with E-state index in [0.29, 0.717) is 6.54 Å². The van der Waals surface area contributed by atoms with Crippen molar-refractivity contribution in [2.75, 3.05) is 7.05 Å². The van der Waals surface area contributed by atoms with E-state index >= 15 is 0 Å². The van der Waals surface area contributed by atoms with Crippen LogP contribution in [0.3, 0.4) is 0 Å². The van der Waals surface area contributed by atoms with Crippen LogP contribution in [0.5, 0.6) is 0 Å². The summed E-state index contributed by atoms with van der Waals surface area (Å²) in [5, 5.41) is 0. The molecule has 0 aliphatic heterocycles. The summed E-state index contributed by atoms with van der Waals surface area (Å²) in [6.07, 6.45) is 0. The Morgan fingerprint density at radius 1 is 1.00 bits per heavy atom. The van der Waals surface area contributed by atoms with Gasteiger partial charge in [-0.3, -0.25) is 0 Å². The van der Waals surface area contributed by atoms with Crippen LogP contribution < -0.4 is 5.73 Å². The Morgan fingerprint density at radius 3 is 2.05 bits per heavy atom. The number of hydrogen-bond donors (Lipinski definition) is 1. The maximum atomic E-state index is 12.9. The van der Waals surface area contributed by atoms with Crippen LogP contribution in [0, 0.1) is 5.82 Å². The third-order valence-corrected chi connectivity index (χ3v) is 5.00. The smallest absolute Gasteiger partial charge is 0.243 e. The van der Waals surface area contributed by atoms with Crippen LogP contribution in [0.25, 0.3) is 0 Å². The molecule has 112 valence electrons. The predicted molar refractivity (Wildman–Crippen MR) is 79.4 cm³/mol. The predicted octanol–water partition coefficient (Wildman–Crippen LogP) is 2.11.